The smallest absolute Gasteiger partial charge is 0.317 e. The molecule has 0 bridgehead atoms. The molecule has 0 fully saturated rings. The van der Waals surface area contributed by atoms with Gasteiger partial charge in [-0.1, -0.05) is 50.0 Å². The van der Waals surface area contributed by atoms with Crippen LogP contribution < -0.4 is 0 Å². The minimum atomic E-state index is -1.58. The fourth-order valence-corrected chi connectivity index (χ4v) is 3.08. The maximum absolute atomic E-state index is 11.8. The van der Waals surface area contributed by atoms with E-state index in [1.54, 1.807) is 13.0 Å². The highest BCUT2D eigenvalue weighted by Gasteiger charge is 2.48. The Morgan fingerprint density at radius 3 is 2.39 bits per heavy atom. The normalized spacial score (nSPS) is 24.2. The summed E-state index contributed by atoms with van der Waals surface area (Å²) in [6.45, 7) is 12.4. The molecule has 23 heavy (non-hydrogen) atoms. The molecule has 1 aliphatic carbocycles. The van der Waals surface area contributed by atoms with E-state index in [1.165, 1.54) is 12.2 Å². The molecule has 0 aliphatic heterocycles. The maximum Gasteiger partial charge on any atom is 0.317 e. The first-order valence-corrected chi connectivity index (χ1v) is 11.3. The lowest BCUT2D eigenvalue weighted by atomic mass is 9.71. The zero-order chi connectivity index (χ0) is 17.8. The van der Waals surface area contributed by atoms with Gasteiger partial charge in [-0.3, -0.25) is 9.59 Å². The van der Waals surface area contributed by atoms with Gasteiger partial charge in [0.25, 0.3) is 0 Å². The summed E-state index contributed by atoms with van der Waals surface area (Å²) in [7, 11) is -1.29. The van der Waals surface area contributed by atoms with Gasteiger partial charge in [0, 0.05) is 14.7 Å². The van der Waals surface area contributed by atoms with Gasteiger partial charge in [0.1, 0.15) is 5.41 Å². The second-order valence-electron chi connectivity index (χ2n) is 7.26. The molecule has 6 heteroatoms. The molecule has 2 unspecified atom stereocenters. The van der Waals surface area contributed by atoms with Gasteiger partial charge in [0.05, 0.1) is 12.5 Å². The van der Waals surface area contributed by atoms with Crippen molar-refractivity contribution >= 4 is 20.0 Å². The first-order chi connectivity index (χ1) is 10.5. The van der Waals surface area contributed by atoms with Gasteiger partial charge in [-0.25, -0.2) is 0 Å². The Labute approximate surface area is 138 Å². The number of carboxylic acids is 2. The lowest BCUT2D eigenvalue weighted by molar-refractivity contribution is -0.160. The van der Waals surface area contributed by atoms with Crippen molar-refractivity contribution in [2.75, 3.05) is 13.2 Å². The summed E-state index contributed by atoms with van der Waals surface area (Å²) in [5, 5.41) is 19.1. The zero-order valence-corrected chi connectivity index (χ0v) is 15.3. The Bertz CT molecular complexity index is 556. The van der Waals surface area contributed by atoms with Crippen molar-refractivity contribution in [3.8, 4) is 0 Å². The van der Waals surface area contributed by atoms with Gasteiger partial charge in [0.15, 0.2) is 0 Å². The summed E-state index contributed by atoms with van der Waals surface area (Å²) in [5.41, 5.74) is -0.230. The molecular formula is C17H26O5Si. The Morgan fingerprint density at radius 1 is 1.35 bits per heavy atom. The molecule has 2 N–H and O–H groups in total. The van der Waals surface area contributed by atoms with Gasteiger partial charge in [0.2, 0.25) is 0 Å². The third kappa shape index (κ3) is 4.91. The molecule has 5 nitrogen and oxygen atoms in total. The van der Waals surface area contributed by atoms with Crippen LogP contribution in [0.1, 0.15) is 6.92 Å². The van der Waals surface area contributed by atoms with Gasteiger partial charge in [-0.15, -0.1) is 0 Å². The number of hydrogen-bond acceptors (Lipinski definition) is 3. The Hall–Kier alpha value is -1.66. The standard InChI is InChI=1S/C17H26O5Si/c1-12(2)13-6-7-17(16(20)21,14(10-13)15(18)19)11-22-8-9-23(3,4)5/h6-7,10,14H,1,8-9,11H2,2-5H3,(H,18,19)(H,20,21). The van der Waals surface area contributed by atoms with Crippen molar-refractivity contribution in [3.05, 3.63) is 36.0 Å². The predicted octanol–water partition coefficient (Wildman–Crippen LogP) is 3.19. The summed E-state index contributed by atoms with van der Waals surface area (Å²) >= 11 is 0. The topological polar surface area (TPSA) is 83.8 Å². The summed E-state index contributed by atoms with van der Waals surface area (Å²) < 4.78 is 5.58. The van der Waals surface area contributed by atoms with E-state index in [-0.39, 0.29) is 6.61 Å². The van der Waals surface area contributed by atoms with Gasteiger partial charge in [-0.2, -0.15) is 0 Å². The van der Waals surface area contributed by atoms with Crippen LogP contribution in [0.25, 0.3) is 0 Å². The molecule has 0 spiro atoms. The second kappa shape index (κ2) is 7.27. The van der Waals surface area contributed by atoms with Crippen molar-refractivity contribution in [2.45, 2.75) is 32.6 Å². The van der Waals surface area contributed by atoms with E-state index < -0.39 is 31.3 Å². The molecular weight excluding hydrogens is 312 g/mol. The van der Waals surface area contributed by atoms with Crippen molar-refractivity contribution in [1.29, 1.82) is 0 Å². The Morgan fingerprint density at radius 2 is 1.96 bits per heavy atom. The molecule has 0 saturated carbocycles. The second-order valence-corrected chi connectivity index (χ2v) is 12.9. The third-order valence-corrected chi connectivity index (χ3v) is 5.66. The number of carbonyl (C=O) groups is 2. The van der Waals surface area contributed by atoms with Crippen LogP contribution in [0.4, 0.5) is 0 Å². The van der Waals surface area contributed by atoms with Crippen LogP contribution in [-0.2, 0) is 14.3 Å². The number of hydrogen-bond donors (Lipinski definition) is 2. The van der Waals surface area contributed by atoms with E-state index in [9.17, 15) is 19.8 Å². The minimum absolute atomic E-state index is 0.153. The van der Waals surface area contributed by atoms with Crippen LogP contribution in [0.5, 0.6) is 0 Å². The number of carboxylic acid groups (broad SMARTS) is 2. The van der Waals surface area contributed by atoms with Crippen LogP contribution >= 0.6 is 0 Å². The molecule has 0 heterocycles. The SMILES string of the molecule is C=C(C)C1=CC(C(=O)O)C(COCC[Si](C)(C)C)(C(=O)O)C=C1. The lowest BCUT2D eigenvalue weighted by Gasteiger charge is -2.33. The van der Waals surface area contributed by atoms with E-state index in [0.29, 0.717) is 17.8 Å². The molecule has 0 saturated heterocycles. The molecule has 0 aromatic rings. The zero-order valence-electron chi connectivity index (χ0n) is 14.3. The molecule has 0 radical (unpaired) electrons. The molecule has 0 amide bonds. The molecule has 1 rings (SSSR count). The quantitative estimate of drug-likeness (QED) is 0.524. The van der Waals surface area contributed by atoms with E-state index in [2.05, 4.69) is 26.2 Å². The predicted molar refractivity (Wildman–Crippen MR) is 92.2 cm³/mol. The van der Waals surface area contributed by atoms with Crippen molar-refractivity contribution in [1.82, 2.24) is 0 Å². The van der Waals surface area contributed by atoms with Crippen molar-refractivity contribution < 1.29 is 24.5 Å². The van der Waals surface area contributed by atoms with Crippen LogP contribution in [0, 0.1) is 11.3 Å². The van der Waals surface area contributed by atoms with E-state index in [4.69, 9.17) is 4.74 Å². The molecule has 0 aromatic heterocycles. The van der Waals surface area contributed by atoms with Gasteiger partial charge >= 0.3 is 11.9 Å². The summed E-state index contributed by atoms with van der Waals surface area (Å²) in [6.07, 6.45) is 4.52. The highest BCUT2D eigenvalue weighted by molar-refractivity contribution is 6.76. The summed E-state index contributed by atoms with van der Waals surface area (Å²) in [4.78, 5) is 23.4. The van der Waals surface area contributed by atoms with Crippen LogP contribution in [0.2, 0.25) is 25.7 Å². The third-order valence-electron chi connectivity index (χ3n) is 3.96. The van der Waals surface area contributed by atoms with Crippen LogP contribution in [-0.4, -0.2) is 43.4 Å². The molecule has 2 atom stereocenters. The van der Waals surface area contributed by atoms with Crippen LogP contribution in [0.15, 0.2) is 36.0 Å². The number of rotatable bonds is 8. The minimum Gasteiger partial charge on any atom is -0.481 e. The lowest BCUT2D eigenvalue weighted by Crippen LogP contribution is -2.45. The average molecular weight is 338 g/mol. The van der Waals surface area contributed by atoms with Gasteiger partial charge < -0.3 is 14.9 Å². The van der Waals surface area contributed by atoms with E-state index >= 15 is 0 Å². The maximum atomic E-state index is 11.8. The number of allylic oxidation sites excluding steroid dienone is 3. The highest BCUT2D eigenvalue weighted by Crippen LogP contribution is 2.38. The summed E-state index contributed by atoms with van der Waals surface area (Å²) in [5.74, 6) is -3.54. The number of aliphatic carboxylic acids is 2. The van der Waals surface area contributed by atoms with Crippen molar-refractivity contribution in [3.63, 3.8) is 0 Å². The van der Waals surface area contributed by atoms with Crippen molar-refractivity contribution in [2.24, 2.45) is 11.3 Å². The first-order valence-electron chi connectivity index (χ1n) is 7.60. The molecule has 128 valence electrons. The van der Waals surface area contributed by atoms with E-state index in [1.807, 2.05) is 0 Å². The molecule has 1 aliphatic rings. The first kappa shape index (κ1) is 19.4. The van der Waals surface area contributed by atoms with Crippen LogP contribution in [0.3, 0.4) is 0 Å². The monoisotopic (exact) mass is 338 g/mol. The fraction of sp³-hybridized carbons (Fsp3) is 0.529. The fourth-order valence-electron chi connectivity index (χ4n) is 2.33. The summed E-state index contributed by atoms with van der Waals surface area (Å²) in [6, 6.07) is 0.900. The van der Waals surface area contributed by atoms with Gasteiger partial charge in [-0.05, 0) is 18.5 Å². The largest absolute Gasteiger partial charge is 0.481 e. The number of ether oxygens (including phenoxy) is 1. The van der Waals surface area contributed by atoms with E-state index in [0.717, 1.165) is 6.04 Å². The Kier molecular flexibility index (Phi) is 6.13. The molecule has 0 aromatic carbocycles. The average Bonchev–Trinajstić information content (AvgIpc) is 2.41. The highest BCUT2D eigenvalue weighted by atomic mass is 28.3. The Balaban J connectivity index is 2.99.